The third kappa shape index (κ3) is 3.61. The fourth-order valence-corrected chi connectivity index (χ4v) is 3.13. The first kappa shape index (κ1) is 16.6. The molecule has 0 heterocycles. The maximum Gasteiger partial charge on any atom is 0.123 e. The highest BCUT2D eigenvalue weighted by Crippen LogP contribution is 2.39. The Morgan fingerprint density at radius 1 is 0.792 bits per heavy atom. The van der Waals surface area contributed by atoms with Crippen molar-refractivity contribution in [2.24, 2.45) is 0 Å². The van der Waals surface area contributed by atoms with Crippen LogP contribution in [0.2, 0.25) is 5.02 Å². The van der Waals surface area contributed by atoms with E-state index in [-0.39, 0.29) is 19.1 Å². The summed E-state index contributed by atoms with van der Waals surface area (Å²) in [5, 5.41) is 9.81. The van der Waals surface area contributed by atoms with E-state index in [0.717, 1.165) is 27.5 Å². The van der Waals surface area contributed by atoms with Crippen LogP contribution in [0.5, 0.6) is 5.75 Å². The molecule has 3 aromatic carbocycles. The van der Waals surface area contributed by atoms with Crippen LogP contribution in [0.4, 0.5) is 0 Å². The van der Waals surface area contributed by atoms with Crippen LogP contribution in [0.25, 0.3) is 0 Å². The fraction of sp³-hybridized carbons (Fsp3) is 0.143. The average Bonchev–Trinajstić information content (AvgIpc) is 2.64. The normalized spacial score (nSPS) is 11.9. The molecule has 0 amide bonds. The van der Waals surface area contributed by atoms with Crippen molar-refractivity contribution in [2.45, 2.75) is 5.92 Å². The van der Waals surface area contributed by atoms with Crippen molar-refractivity contribution >= 4 is 11.6 Å². The maximum atomic E-state index is 9.09. The molecular weight excluding hydrogens is 320 g/mol. The van der Waals surface area contributed by atoms with Crippen LogP contribution in [0.15, 0.2) is 78.9 Å². The van der Waals surface area contributed by atoms with Gasteiger partial charge in [-0.25, -0.2) is 0 Å². The summed E-state index contributed by atoms with van der Waals surface area (Å²) >= 11 is 6.49. The van der Waals surface area contributed by atoms with Crippen LogP contribution in [0.1, 0.15) is 22.6 Å². The molecule has 2 nitrogen and oxygen atoms in total. The molecule has 122 valence electrons. The summed E-state index contributed by atoms with van der Waals surface area (Å²) in [5.41, 5.74) is 3.21. The van der Waals surface area contributed by atoms with Gasteiger partial charge < -0.3 is 9.84 Å². The SMILES string of the molecule is OCCOc1ccccc1C(c1ccccc1)c1ccccc1Cl. The van der Waals surface area contributed by atoms with E-state index >= 15 is 0 Å². The molecule has 1 unspecified atom stereocenters. The van der Waals surface area contributed by atoms with E-state index in [1.807, 2.05) is 66.7 Å². The van der Waals surface area contributed by atoms with Gasteiger partial charge in [0.15, 0.2) is 0 Å². The van der Waals surface area contributed by atoms with Gasteiger partial charge in [-0.15, -0.1) is 0 Å². The monoisotopic (exact) mass is 338 g/mol. The Bertz CT molecular complexity index is 787. The topological polar surface area (TPSA) is 29.5 Å². The Kier molecular flexibility index (Phi) is 5.52. The Balaban J connectivity index is 2.15. The molecule has 0 aliphatic heterocycles. The molecule has 0 spiro atoms. The van der Waals surface area contributed by atoms with Crippen molar-refractivity contribution in [1.82, 2.24) is 0 Å². The van der Waals surface area contributed by atoms with Gasteiger partial charge in [-0.3, -0.25) is 0 Å². The Morgan fingerprint density at radius 2 is 1.42 bits per heavy atom. The van der Waals surface area contributed by atoms with Crippen LogP contribution >= 0.6 is 11.6 Å². The third-order valence-corrected chi connectivity index (χ3v) is 4.27. The van der Waals surface area contributed by atoms with E-state index in [4.69, 9.17) is 21.4 Å². The number of para-hydroxylation sites is 1. The van der Waals surface area contributed by atoms with E-state index in [1.165, 1.54) is 0 Å². The Labute approximate surface area is 147 Å². The van der Waals surface area contributed by atoms with Crippen molar-refractivity contribution in [1.29, 1.82) is 0 Å². The largest absolute Gasteiger partial charge is 0.491 e. The highest BCUT2D eigenvalue weighted by molar-refractivity contribution is 6.31. The molecule has 0 saturated carbocycles. The lowest BCUT2D eigenvalue weighted by Gasteiger charge is -2.22. The fourth-order valence-electron chi connectivity index (χ4n) is 2.89. The second kappa shape index (κ2) is 8.00. The zero-order valence-electron chi connectivity index (χ0n) is 13.2. The van der Waals surface area contributed by atoms with E-state index in [9.17, 15) is 0 Å². The predicted octanol–water partition coefficient (Wildman–Crippen LogP) is 4.89. The summed E-state index contributed by atoms with van der Waals surface area (Å²) in [5.74, 6) is 0.732. The minimum atomic E-state index is -0.0326. The number of aliphatic hydroxyl groups excluding tert-OH is 1. The van der Waals surface area contributed by atoms with Gasteiger partial charge in [-0.05, 0) is 23.3 Å². The standard InChI is InChI=1S/C21H19ClO2/c22-19-12-6-4-10-17(19)21(16-8-2-1-3-9-16)18-11-5-7-13-20(18)24-15-14-23/h1-13,21,23H,14-15H2. The lowest BCUT2D eigenvalue weighted by atomic mass is 9.84. The van der Waals surface area contributed by atoms with Gasteiger partial charge in [0.05, 0.1) is 6.61 Å². The molecule has 1 atom stereocenters. The first-order valence-electron chi connectivity index (χ1n) is 7.93. The first-order valence-corrected chi connectivity index (χ1v) is 8.31. The molecule has 0 aliphatic carbocycles. The molecule has 3 heteroatoms. The van der Waals surface area contributed by atoms with Gasteiger partial charge in [0.2, 0.25) is 0 Å². The lowest BCUT2D eigenvalue weighted by Crippen LogP contribution is -2.09. The van der Waals surface area contributed by atoms with E-state index in [2.05, 4.69) is 12.1 Å². The highest BCUT2D eigenvalue weighted by atomic mass is 35.5. The highest BCUT2D eigenvalue weighted by Gasteiger charge is 2.22. The van der Waals surface area contributed by atoms with Crippen molar-refractivity contribution in [3.05, 3.63) is 101 Å². The molecule has 0 saturated heterocycles. The van der Waals surface area contributed by atoms with E-state index in [1.54, 1.807) is 0 Å². The zero-order chi connectivity index (χ0) is 16.8. The molecule has 0 fully saturated rings. The molecule has 3 rings (SSSR count). The van der Waals surface area contributed by atoms with E-state index in [0.29, 0.717) is 0 Å². The van der Waals surface area contributed by atoms with Crippen LogP contribution in [-0.2, 0) is 0 Å². The molecule has 0 bridgehead atoms. The molecule has 0 radical (unpaired) electrons. The second-order valence-electron chi connectivity index (χ2n) is 5.48. The van der Waals surface area contributed by atoms with Crippen molar-refractivity contribution in [2.75, 3.05) is 13.2 Å². The van der Waals surface area contributed by atoms with Crippen molar-refractivity contribution < 1.29 is 9.84 Å². The summed E-state index contributed by atoms with van der Waals surface area (Å²) < 4.78 is 5.76. The summed E-state index contributed by atoms with van der Waals surface area (Å²) in [4.78, 5) is 0. The average molecular weight is 339 g/mol. The third-order valence-electron chi connectivity index (χ3n) is 3.93. The summed E-state index contributed by atoms with van der Waals surface area (Å²) in [7, 11) is 0. The second-order valence-corrected chi connectivity index (χ2v) is 5.88. The van der Waals surface area contributed by atoms with Gasteiger partial charge in [-0.1, -0.05) is 78.3 Å². The summed E-state index contributed by atoms with van der Waals surface area (Å²) in [6.45, 7) is 0.247. The number of halogens is 1. The minimum Gasteiger partial charge on any atom is -0.491 e. The van der Waals surface area contributed by atoms with Gasteiger partial charge in [0.1, 0.15) is 12.4 Å². The Hall–Kier alpha value is -2.29. The molecule has 3 aromatic rings. The maximum absolute atomic E-state index is 9.09. The molecule has 0 aromatic heterocycles. The number of ether oxygens (including phenoxy) is 1. The van der Waals surface area contributed by atoms with Crippen LogP contribution in [0, 0.1) is 0 Å². The van der Waals surface area contributed by atoms with Crippen LogP contribution in [0.3, 0.4) is 0 Å². The number of benzene rings is 3. The van der Waals surface area contributed by atoms with E-state index < -0.39 is 0 Å². The zero-order valence-corrected chi connectivity index (χ0v) is 14.0. The van der Waals surface area contributed by atoms with Crippen LogP contribution in [-0.4, -0.2) is 18.3 Å². The van der Waals surface area contributed by atoms with Gasteiger partial charge in [-0.2, -0.15) is 0 Å². The molecular formula is C21H19ClO2. The first-order chi connectivity index (χ1) is 11.8. The number of rotatable bonds is 6. The molecule has 0 aliphatic rings. The van der Waals surface area contributed by atoms with Crippen molar-refractivity contribution in [3.63, 3.8) is 0 Å². The predicted molar refractivity (Wildman–Crippen MR) is 97.9 cm³/mol. The van der Waals surface area contributed by atoms with Gasteiger partial charge >= 0.3 is 0 Å². The number of aliphatic hydroxyl groups is 1. The number of hydrogen-bond acceptors (Lipinski definition) is 2. The van der Waals surface area contributed by atoms with Gasteiger partial charge in [0, 0.05) is 16.5 Å². The number of hydrogen-bond donors (Lipinski definition) is 1. The quantitative estimate of drug-likeness (QED) is 0.648. The summed E-state index contributed by atoms with van der Waals surface area (Å²) in [6.07, 6.45) is 0. The summed E-state index contributed by atoms with van der Waals surface area (Å²) in [6, 6.07) is 26.0. The smallest absolute Gasteiger partial charge is 0.123 e. The van der Waals surface area contributed by atoms with Crippen molar-refractivity contribution in [3.8, 4) is 5.75 Å². The Morgan fingerprint density at radius 3 is 2.12 bits per heavy atom. The minimum absolute atomic E-state index is 0.0174. The van der Waals surface area contributed by atoms with Crippen LogP contribution < -0.4 is 4.74 Å². The molecule has 24 heavy (non-hydrogen) atoms. The molecule has 1 N–H and O–H groups in total. The lowest BCUT2D eigenvalue weighted by molar-refractivity contribution is 0.200. The van der Waals surface area contributed by atoms with Gasteiger partial charge in [0.25, 0.3) is 0 Å².